The van der Waals surface area contributed by atoms with Crippen LogP contribution in [0.5, 0.6) is 0 Å². The summed E-state index contributed by atoms with van der Waals surface area (Å²) in [6, 6.07) is 8.73. The van der Waals surface area contributed by atoms with Gasteiger partial charge in [-0.15, -0.1) is 0 Å². The fraction of sp³-hybridized carbons (Fsp3) is 0.204. The lowest BCUT2D eigenvalue weighted by molar-refractivity contribution is -0.659. The van der Waals surface area contributed by atoms with E-state index in [-0.39, 0.29) is 5.78 Å². The number of carboxylic acids is 1. The van der Waals surface area contributed by atoms with Crippen LogP contribution in [0.3, 0.4) is 0 Å². The molecule has 30 heteroatoms. The van der Waals surface area contributed by atoms with Crippen LogP contribution >= 0.6 is 11.3 Å². The fourth-order valence-corrected chi connectivity index (χ4v) is 9.55. The minimum Gasteiger partial charge on any atom is -0.481 e. The molecule has 0 unspecified atom stereocenters. The average Bonchev–Trinajstić information content (AvgIpc) is 3.68. The number of para-hydroxylation sites is 1. The number of thiazole rings is 1. The Hall–Kier alpha value is -7.27. The van der Waals surface area contributed by atoms with Crippen LogP contribution in [-0.2, 0) is 60.7 Å². The maximum absolute atomic E-state index is 14.2. The smallest absolute Gasteiger partial charge is 0.416 e. The molecule has 0 amide bonds. The van der Waals surface area contributed by atoms with Gasteiger partial charge in [-0.25, -0.2) is 0 Å². The highest BCUT2D eigenvalue weighted by Crippen LogP contribution is 2.41. The highest BCUT2D eigenvalue weighted by Gasteiger charge is 2.47. The minimum absolute atomic E-state index is 0.357. The number of halogens is 24. The van der Waals surface area contributed by atoms with Crippen molar-refractivity contribution >= 4 is 61.3 Å². The molecule has 6 aromatic carbocycles. The summed E-state index contributed by atoms with van der Waals surface area (Å²) >= 11 is 1.34. The van der Waals surface area contributed by atoms with E-state index in [0.29, 0.717) is 11.6 Å². The predicted octanol–water partition coefficient (Wildman–Crippen LogP) is 14.1. The largest absolute Gasteiger partial charge is 0.481 e. The van der Waals surface area contributed by atoms with Gasteiger partial charge in [-0.2, -0.15) is 132 Å². The van der Waals surface area contributed by atoms with Gasteiger partial charge in [0.1, 0.15) is 17.3 Å². The zero-order valence-electron chi connectivity index (χ0n) is 38.3. The van der Waals surface area contributed by atoms with E-state index in [1.165, 1.54) is 11.3 Å². The number of rotatable bonds is 9. The molecular weight excluding hydrogens is 1150 g/mol. The van der Waals surface area contributed by atoms with E-state index in [2.05, 4.69) is 0 Å². The molecule has 422 valence electrons. The lowest BCUT2D eigenvalue weighted by Gasteiger charge is -2.46. The molecule has 0 radical (unpaired) electrons. The number of carbonyl (C=O) groups is 2. The van der Waals surface area contributed by atoms with Gasteiger partial charge in [-0.3, -0.25) is 9.59 Å². The number of nitrogens with zero attached hydrogens (tertiary/aromatic N) is 1. The highest BCUT2D eigenvalue weighted by molar-refractivity contribution is 7.20. The van der Waals surface area contributed by atoms with Crippen molar-refractivity contribution in [1.29, 1.82) is 0 Å². The van der Waals surface area contributed by atoms with E-state index >= 15 is 0 Å². The van der Waals surface area contributed by atoms with Gasteiger partial charge >= 0.3 is 60.4 Å². The average molecular weight is 1180 g/mol. The maximum atomic E-state index is 14.2. The molecule has 0 bridgehead atoms. The molecule has 1 aromatic heterocycles. The van der Waals surface area contributed by atoms with Crippen LogP contribution in [0.4, 0.5) is 105 Å². The zero-order valence-corrected chi connectivity index (χ0v) is 39.1. The van der Waals surface area contributed by atoms with Crippen molar-refractivity contribution in [1.82, 2.24) is 0 Å². The number of benzene rings is 6. The van der Waals surface area contributed by atoms with Crippen molar-refractivity contribution in [2.45, 2.75) is 62.4 Å². The summed E-state index contributed by atoms with van der Waals surface area (Å²) in [4.78, 5) is 23.1. The molecule has 79 heavy (non-hydrogen) atoms. The van der Waals surface area contributed by atoms with Crippen LogP contribution in [-0.4, -0.2) is 23.0 Å². The second kappa shape index (κ2) is 21.1. The first kappa shape index (κ1) is 61.0. The van der Waals surface area contributed by atoms with Crippen molar-refractivity contribution in [3.63, 3.8) is 0 Å². The van der Waals surface area contributed by atoms with Crippen LogP contribution in [0.25, 0.3) is 10.2 Å². The van der Waals surface area contributed by atoms with Gasteiger partial charge in [-0.1, -0.05) is 102 Å². The second-order valence-corrected chi connectivity index (χ2v) is 18.2. The summed E-state index contributed by atoms with van der Waals surface area (Å²) in [5, 5.41) is 9.35. The zero-order chi connectivity index (χ0) is 59.4. The summed E-state index contributed by atoms with van der Waals surface area (Å²) < 4.78 is 344. The molecule has 0 fully saturated rings. The number of Topliss-reactive ketones (excluding diaryl/α,β-unsaturated/α-hetero) is 1. The number of aliphatic carboxylic acids is 1. The summed E-state index contributed by atoms with van der Waals surface area (Å²) in [6.07, 6.45) is -55.3. The monoisotopic (exact) mass is 1180 g/mol. The molecule has 0 aliphatic rings. The summed E-state index contributed by atoms with van der Waals surface area (Å²) in [5.74, 6) is -1.46. The van der Waals surface area contributed by atoms with Gasteiger partial charge in [0, 0.05) is 11.6 Å². The third-order valence-corrected chi connectivity index (χ3v) is 13.0. The molecule has 7 aromatic rings. The SMILES string of the molecule is FC(F)(F)c1cc([B-](c2cc(C(F)(F)F)cc(C(F)(F)F)c2)(c2cc(C(F)(F)F)cc(C(F)(F)F)c2)c2cc(C(F)(F)F)cc(C(F)(F)F)c2)cc(C(F)(F)F)c1.O=C(O)CC(=O)c1sc2ccccc2[n+]1Cc1ccccc1. The molecule has 0 aliphatic heterocycles. The molecule has 0 aliphatic carbocycles. The van der Waals surface area contributed by atoms with Crippen LogP contribution < -0.4 is 26.4 Å². The molecule has 0 atom stereocenters. The van der Waals surface area contributed by atoms with Crippen LogP contribution in [0.1, 0.15) is 66.3 Å². The quantitative estimate of drug-likeness (QED) is 0.0515. The van der Waals surface area contributed by atoms with Crippen LogP contribution in [0, 0.1) is 0 Å². The lowest BCUT2D eigenvalue weighted by Crippen LogP contribution is -2.75. The molecule has 0 saturated heterocycles. The number of hydrogen-bond acceptors (Lipinski definition) is 3. The van der Waals surface area contributed by atoms with E-state index in [1.54, 1.807) is 0 Å². The van der Waals surface area contributed by atoms with Gasteiger partial charge in [0.25, 0.3) is 0 Å². The van der Waals surface area contributed by atoms with Gasteiger partial charge < -0.3 is 5.11 Å². The van der Waals surface area contributed by atoms with Crippen molar-refractivity contribution in [3.05, 3.63) is 182 Å². The molecule has 1 N–H and O–H groups in total. The Morgan fingerprint density at radius 1 is 0.392 bits per heavy atom. The second-order valence-electron chi connectivity index (χ2n) is 17.2. The number of ketones is 1. The van der Waals surface area contributed by atoms with E-state index in [9.17, 15) is 115 Å². The summed E-state index contributed by atoms with van der Waals surface area (Å²) in [5.41, 5.74) is -28.2. The Kier molecular flexibility index (Phi) is 16.3. The highest BCUT2D eigenvalue weighted by atomic mass is 32.1. The number of hydrogen-bond donors (Lipinski definition) is 1. The molecule has 1 heterocycles. The maximum Gasteiger partial charge on any atom is 0.416 e. The van der Waals surface area contributed by atoms with Gasteiger partial charge in [0.2, 0.25) is 11.3 Å². The number of fused-ring (bicyclic) bond motifs is 1. The first-order valence-electron chi connectivity index (χ1n) is 21.5. The van der Waals surface area contributed by atoms with E-state index in [4.69, 9.17) is 5.11 Å². The molecule has 0 saturated carbocycles. The van der Waals surface area contributed by atoms with Crippen LogP contribution in [0.15, 0.2) is 127 Å². The Balaban J connectivity index is 0.000000378. The number of aromatic nitrogens is 1. The minimum atomic E-state index is -6.13. The van der Waals surface area contributed by atoms with Crippen molar-refractivity contribution in [2.75, 3.05) is 0 Å². The van der Waals surface area contributed by atoms with E-state index in [1.807, 2.05) is 59.2 Å². The molecule has 0 spiro atoms. The first-order valence-corrected chi connectivity index (χ1v) is 22.3. The normalized spacial score (nSPS) is 13.3. The summed E-state index contributed by atoms with van der Waals surface area (Å²) in [7, 11) is 0. The van der Waals surface area contributed by atoms with E-state index in [0.717, 1.165) is 15.8 Å². The third kappa shape index (κ3) is 13.8. The van der Waals surface area contributed by atoms with Crippen molar-refractivity contribution in [3.8, 4) is 0 Å². The Labute approximate surface area is 430 Å². The van der Waals surface area contributed by atoms with Crippen LogP contribution in [0.2, 0.25) is 0 Å². The topological polar surface area (TPSA) is 58.2 Å². The van der Waals surface area contributed by atoms with Gasteiger partial charge in [0.05, 0.1) is 44.5 Å². The molecular formula is C49H26BF24NO3S. The number of carboxylic acid groups (broad SMARTS) is 1. The van der Waals surface area contributed by atoms with Crippen molar-refractivity contribution < 1.29 is 125 Å². The standard InChI is InChI=1S/C32H12BF24.C17H13NO3S/c34-25(35,36)13-1-14(26(37,38)39)6-21(5-13)33(22-7-15(27(40,41)42)2-16(8-22)28(43,44)45,23-9-17(29(46,47)48)3-18(10-23)30(49,50)51)24-11-19(31(52,53)54)4-20(12-24)32(55,56)57;19-14(10-16(20)21)17-18(11-12-6-2-1-3-7-12)13-8-4-5-9-15(13)22-17/h1-12H;1-9H,10-11H2/q-1;/p+1. The summed E-state index contributed by atoms with van der Waals surface area (Å²) in [6.45, 7) is 0.547. The van der Waals surface area contributed by atoms with E-state index < -0.39 is 207 Å². The Morgan fingerprint density at radius 3 is 0.924 bits per heavy atom. The predicted molar refractivity (Wildman–Crippen MR) is 234 cm³/mol. The Morgan fingerprint density at radius 2 is 0.658 bits per heavy atom. The third-order valence-electron chi connectivity index (χ3n) is 11.8. The number of carbonyl (C=O) groups excluding carboxylic acids is 1. The molecule has 4 nitrogen and oxygen atoms in total. The number of alkyl halides is 24. The fourth-order valence-electron chi connectivity index (χ4n) is 8.45. The lowest BCUT2D eigenvalue weighted by atomic mass is 9.12. The molecule has 7 rings (SSSR count). The van der Waals surface area contributed by atoms with Crippen molar-refractivity contribution in [2.24, 2.45) is 0 Å². The Bertz CT molecular complexity index is 2960. The van der Waals surface area contributed by atoms with Gasteiger partial charge in [0.15, 0.2) is 6.54 Å². The van der Waals surface area contributed by atoms with Gasteiger partial charge in [-0.05, 0) is 30.3 Å². The first-order chi connectivity index (χ1) is 35.9.